The molecule has 0 aliphatic carbocycles. The first kappa shape index (κ1) is 26.6. The summed E-state index contributed by atoms with van der Waals surface area (Å²) in [5, 5.41) is 20.0. The van der Waals surface area contributed by atoms with Gasteiger partial charge in [0.15, 0.2) is 0 Å². The molecule has 0 spiro atoms. The van der Waals surface area contributed by atoms with Crippen molar-refractivity contribution in [3.05, 3.63) is 106 Å². The average Bonchev–Trinajstić information content (AvgIpc) is 3.42. The second kappa shape index (κ2) is 11.4. The predicted molar refractivity (Wildman–Crippen MR) is 139 cm³/mol. The van der Waals surface area contributed by atoms with Crippen LogP contribution >= 0.6 is 0 Å². The van der Waals surface area contributed by atoms with Gasteiger partial charge in [-0.05, 0) is 72.5 Å². The van der Waals surface area contributed by atoms with E-state index in [9.17, 15) is 23.5 Å². The number of benzene rings is 3. The molecule has 1 aromatic heterocycles. The quantitative estimate of drug-likeness (QED) is 0.270. The number of halogens is 2. The minimum absolute atomic E-state index is 0.0107. The lowest BCUT2D eigenvalue weighted by Crippen LogP contribution is -2.24. The molecule has 1 aliphatic rings. The fourth-order valence-electron chi connectivity index (χ4n) is 4.82. The molecular weight excluding hydrogens is 508 g/mol. The van der Waals surface area contributed by atoms with Crippen LogP contribution in [0.2, 0.25) is 0 Å². The third kappa shape index (κ3) is 5.88. The van der Waals surface area contributed by atoms with Crippen LogP contribution in [0.4, 0.5) is 8.78 Å². The van der Waals surface area contributed by atoms with Crippen LogP contribution in [0.5, 0.6) is 0 Å². The molecule has 3 N–H and O–H groups in total. The number of carboxylic acid groups (broad SMARTS) is 1. The lowest BCUT2D eigenvalue weighted by Gasteiger charge is -2.17. The number of nitrogens with zero attached hydrogens (tertiary/aromatic N) is 2. The minimum Gasteiger partial charge on any atom is -0.481 e. The first-order valence-electron chi connectivity index (χ1n) is 12.7. The Morgan fingerprint density at radius 1 is 1.05 bits per heavy atom. The van der Waals surface area contributed by atoms with Gasteiger partial charge in [0.05, 0.1) is 22.6 Å². The van der Waals surface area contributed by atoms with Crippen molar-refractivity contribution in [2.75, 3.05) is 0 Å². The lowest BCUT2D eigenvalue weighted by molar-refractivity contribution is -0.137. The van der Waals surface area contributed by atoms with Crippen molar-refractivity contribution >= 4 is 16.9 Å². The Hall–Kier alpha value is -3.99. The van der Waals surface area contributed by atoms with E-state index in [1.54, 1.807) is 18.2 Å². The van der Waals surface area contributed by atoms with Gasteiger partial charge >= 0.3 is 5.97 Å². The molecule has 39 heavy (non-hydrogen) atoms. The zero-order chi connectivity index (χ0) is 27.5. The van der Waals surface area contributed by atoms with Gasteiger partial charge in [-0.25, -0.2) is 13.8 Å². The molecule has 3 unspecified atom stereocenters. The van der Waals surface area contributed by atoms with Crippen molar-refractivity contribution in [1.82, 2.24) is 15.0 Å². The van der Waals surface area contributed by atoms with Crippen LogP contribution in [0.1, 0.15) is 54.8 Å². The highest BCUT2D eigenvalue weighted by Crippen LogP contribution is 2.33. The summed E-state index contributed by atoms with van der Waals surface area (Å²) in [5.74, 6) is -1.27. The summed E-state index contributed by atoms with van der Waals surface area (Å²) in [7, 11) is 0. The molecule has 8 nitrogen and oxygen atoms in total. The number of aryl methyl sites for hydroxylation is 1. The predicted octanol–water partition coefficient (Wildman–Crippen LogP) is 4.53. The number of carboxylic acids is 1. The number of rotatable bonds is 9. The SMILES string of the molecule is O=C(O)CCCCc1nc2cc(C3CC(C(O)c4ccc(F)cc4)ON3)ccc2c(=O)n1-c1ccc(F)cc1. The third-order valence-electron chi connectivity index (χ3n) is 6.88. The van der Waals surface area contributed by atoms with Crippen molar-refractivity contribution in [1.29, 1.82) is 0 Å². The Morgan fingerprint density at radius 3 is 2.44 bits per heavy atom. The highest BCUT2D eigenvalue weighted by atomic mass is 19.1. The summed E-state index contributed by atoms with van der Waals surface area (Å²) < 4.78 is 28.3. The zero-order valence-electron chi connectivity index (χ0n) is 20.9. The molecule has 2 heterocycles. The second-order valence-electron chi connectivity index (χ2n) is 9.58. The number of carbonyl (C=O) groups is 1. The zero-order valence-corrected chi connectivity index (χ0v) is 20.9. The molecule has 0 radical (unpaired) electrons. The first-order valence-corrected chi connectivity index (χ1v) is 12.7. The highest BCUT2D eigenvalue weighted by molar-refractivity contribution is 5.79. The van der Waals surface area contributed by atoms with Crippen molar-refractivity contribution in [2.45, 2.75) is 50.4 Å². The molecule has 0 saturated carbocycles. The second-order valence-corrected chi connectivity index (χ2v) is 9.58. The van der Waals surface area contributed by atoms with E-state index in [0.29, 0.717) is 53.7 Å². The van der Waals surface area contributed by atoms with Gasteiger partial charge in [0.1, 0.15) is 29.7 Å². The number of nitrogens with one attached hydrogen (secondary N) is 1. The number of unbranched alkanes of at least 4 members (excludes halogenated alkanes) is 1. The fourth-order valence-corrected chi connectivity index (χ4v) is 4.82. The number of fused-ring (bicyclic) bond motifs is 1. The molecule has 3 atom stereocenters. The van der Waals surface area contributed by atoms with E-state index in [-0.39, 0.29) is 18.0 Å². The Morgan fingerprint density at radius 2 is 1.74 bits per heavy atom. The number of hydroxylamine groups is 1. The van der Waals surface area contributed by atoms with Crippen molar-refractivity contribution in [2.24, 2.45) is 0 Å². The molecule has 0 bridgehead atoms. The lowest BCUT2D eigenvalue weighted by atomic mass is 9.96. The molecule has 1 fully saturated rings. The molecule has 5 rings (SSSR count). The molecule has 3 aromatic carbocycles. The fraction of sp³-hybridized carbons (Fsp3) is 0.276. The number of aliphatic carboxylic acids is 1. The van der Waals surface area contributed by atoms with E-state index in [0.717, 1.165) is 5.56 Å². The van der Waals surface area contributed by atoms with Crippen molar-refractivity contribution in [3.63, 3.8) is 0 Å². The maximum absolute atomic E-state index is 13.6. The van der Waals surface area contributed by atoms with E-state index in [1.165, 1.54) is 53.1 Å². The van der Waals surface area contributed by atoms with Gasteiger partial charge in [-0.3, -0.25) is 19.0 Å². The Kier molecular flexibility index (Phi) is 7.78. The normalized spacial score (nSPS) is 17.9. The van der Waals surface area contributed by atoms with Crippen LogP contribution in [0.3, 0.4) is 0 Å². The monoisotopic (exact) mass is 535 g/mol. The first-order chi connectivity index (χ1) is 18.8. The number of aromatic nitrogens is 2. The summed E-state index contributed by atoms with van der Waals surface area (Å²) in [5.41, 5.74) is 4.90. The summed E-state index contributed by atoms with van der Waals surface area (Å²) in [6.45, 7) is 0. The Balaban J connectivity index is 1.44. The Bertz CT molecular complexity index is 1540. The number of hydrogen-bond acceptors (Lipinski definition) is 6. The van der Waals surface area contributed by atoms with Gasteiger partial charge in [-0.1, -0.05) is 18.2 Å². The van der Waals surface area contributed by atoms with E-state index in [1.807, 2.05) is 0 Å². The van der Waals surface area contributed by atoms with Gasteiger partial charge in [0.2, 0.25) is 0 Å². The largest absolute Gasteiger partial charge is 0.481 e. The van der Waals surface area contributed by atoms with Crippen LogP contribution in [0.15, 0.2) is 71.5 Å². The van der Waals surface area contributed by atoms with Crippen LogP contribution < -0.4 is 11.0 Å². The number of aliphatic hydroxyl groups excluding tert-OH is 1. The topological polar surface area (TPSA) is 114 Å². The van der Waals surface area contributed by atoms with Crippen LogP contribution in [0, 0.1) is 11.6 Å². The van der Waals surface area contributed by atoms with E-state index < -0.39 is 29.8 Å². The molecule has 10 heteroatoms. The maximum Gasteiger partial charge on any atom is 0.303 e. The summed E-state index contributed by atoms with van der Waals surface area (Å²) >= 11 is 0. The van der Waals surface area contributed by atoms with Crippen molar-refractivity contribution in [3.8, 4) is 5.69 Å². The molecule has 202 valence electrons. The van der Waals surface area contributed by atoms with Gasteiger partial charge < -0.3 is 10.2 Å². The third-order valence-corrected chi connectivity index (χ3v) is 6.88. The summed E-state index contributed by atoms with van der Waals surface area (Å²) in [4.78, 5) is 34.9. The van der Waals surface area contributed by atoms with E-state index in [2.05, 4.69) is 5.48 Å². The number of hydrogen-bond donors (Lipinski definition) is 3. The summed E-state index contributed by atoms with van der Waals surface area (Å²) in [6.07, 6.45) is 0.203. The van der Waals surface area contributed by atoms with Gasteiger partial charge in [-0.2, -0.15) is 5.48 Å². The standard InChI is InChI=1S/C29H27F2N3O5/c30-19-8-5-17(6-9-19)28(37)25-16-23(33-39-25)18-7-14-22-24(15-18)32-26(3-1-2-4-27(35)36)34(29(22)38)21-12-10-20(31)11-13-21/h5-15,23,25,28,33,37H,1-4,16H2,(H,35,36). The van der Waals surface area contributed by atoms with Gasteiger partial charge in [0, 0.05) is 19.3 Å². The summed E-state index contributed by atoms with van der Waals surface area (Å²) in [6, 6.07) is 16.1. The average molecular weight is 536 g/mol. The van der Waals surface area contributed by atoms with E-state index in [4.69, 9.17) is 14.9 Å². The molecule has 4 aromatic rings. The highest BCUT2D eigenvalue weighted by Gasteiger charge is 2.33. The minimum atomic E-state index is -0.956. The van der Waals surface area contributed by atoms with Crippen LogP contribution in [-0.4, -0.2) is 31.8 Å². The molecule has 1 aliphatic heterocycles. The molecule has 1 saturated heterocycles. The van der Waals surface area contributed by atoms with Crippen molar-refractivity contribution < 1.29 is 28.6 Å². The number of aliphatic hydroxyl groups is 1. The maximum atomic E-state index is 13.6. The van der Waals surface area contributed by atoms with Gasteiger partial charge in [0.25, 0.3) is 5.56 Å². The van der Waals surface area contributed by atoms with Crippen LogP contribution in [-0.2, 0) is 16.1 Å². The molecular formula is C29H27F2N3O5. The Labute approximate surface area is 222 Å². The smallest absolute Gasteiger partial charge is 0.303 e. The van der Waals surface area contributed by atoms with E-state index >= 15 is 0 Å². The van der Waals surface area contributed by atoms with Crippen LogP contribution in [0.25, 0.3) is 16.6 Å². The molecule has 0 amide bonds. The van der Waals surface area contributed by atoms with Gasteiger partial charge in [-0.15, -0.1) is 0 Å².